The average Bonchev–Trinajstić information content (AvgIpc) is 2.49. The van der Waals surface area contributed by atoms with Crippen molar-refractivity contribution in [2.75, 3.05) is 13.2 Å². The van der Waals surface area contributed by atoms with Crippen LogP contribution in [0.25, 0.3) is 0 Å². The molecule has 0 bridgehead atoms. The highest BCUT2D eigenvalue weighted by molar-refractivity contribution is 5.32. The summed E-state index contributed by atoms with van der Waals surface area (Å²) in [6.07, 6.45) is 5.90. The predicted molar refractivity (Wildman–Crippen MR) is 49.9 cm³/mol. The van der Waals surface area contributed by atoms with E-state index in [0.717, 1.165) is 13.2 Å². The molecule has 1 heteroatoms. The molecule has 1 unspecified atom stereocenters. The largest absolute Gasteiger partial charge is 0.376 e. The Kier molecular flexibility index (Phi) is 2.05. The summed E-state index contributed by atoms with van der Waals surface area (Å²) < 4.78 is 5.42. The molecule has 1 aliphatic heterocycles. The number of fused-ring (bicyclic) bond motifs is 1. The molecule has 0 aromatic carbocycles. The normalized spacial score (nSPS) is 28.4. The van der Waals surface area contributed by atoms with E-state index in [4.69, 9.17) is 4.74 Å². The first kappa shape index (κ1) is 8.06. The number of ether oxygens (including phenoxy) is 1. The van der Waals surface area contributed by atoms with Crippen molar-refractivity contribution in [1.29, 1.82) is 0 Å². The van der Waals surface area contributed by atoms with Gasteiger partial charge in [-0.2, -0.15) is 0 Å². The molecule has 1 heterocycles. The summed E-state index contributed by atoms with van der Waals surface area (Å²) in [5.41, 5.74) is 3.01. The van der Waals surface area contributed by atoms with Crippen LogP contribution in [0.2, 0.25) is 0 Å². The van der Waals surface area contributed by atoms with E-state index in [1.165, 1.54) is 17.6 Å². The maximum Gasteiger partial charge on any atom is 0.0683 e. The lowest BCUT2D eigenvalue weighted by Gasteiger charge is -2.17. The summed E-state index contributed by atoms with van der Waals surface area (Å²) in [5, 5.41) is 0. The van der Waals surface area contributed by atoms with Crippen molar-refractivity contribution < 1.29 is 4.74 Å². The second kappa shape index (κ2) is 3.06. The molecule has 12 heavy (non-hydrogen) atoms. The summed E-state index contributed by atoms with van der Waals surface area (Å²) in [6.45, 7) is 6.31. The van der Waals surface area contributed by atoms with Crippen molar-refractivity contribution in [3.05, 3.63) is 23.3 Å². The standard InChI is InChI=1S/C11H16O/c1-8(2)9-3-4-10-6-12-7-11(10)5-9/h3,5,8,10H,4,6-7H2,1-2H3. The molecule has 0 N–H and O–H groups in total. The minimum absolute atomic E-state index is 0.666. The van der Waals surface area contributed by atoms with Gasteiger partial charge in [0.2, 0.25) is 0 Å². The van der Waals surface area contributed by atoms with Crippen LogP contribution in [-0.4, -0.2) is 13.2 Å². The summed E-state index contributed by atoms with van der Waals surface area (Å²) in [4.78, 5) is 0. The third-order valence-corrected chi connectivity index (χ3v) is 2.77. The van der Waals surface area contributed by atoms with E-state index < -0.39 is 0 Å². The Morgan fingerprint density at radius 3 is 3.08 bits per heavy atom. The molecule has 66 valence electrons. The van der Waals surface area contributed by atoms with E-state index in [2.05, 4.69) is 26.0 Å². The zero-order valence-electron chi connectivity index (χ0n) is 7.84. The Hall–Kier alpha value is -0.560. The Balaban J connectivity index is 2.17. The molecule has 0 amide bonds. The Morgan fingerprint density at radius 2 is 2.33 bits per heavy atom. The molecule has 1 nitrogen and oxygen atoms in total. The maximum atomic E-state index is 5.42. The lowest BCUT2D eigenvalue weighted by Crippen LogP contribution is -2.07. The van der Waals surface area contributed by atoms with E-state index in [-0.39, 0.29) is 0 Å². The molecule has 0 spiro atoms. The quantitative estimate of drug-likeness (QED) is 0.578. The fraction of sp³-hybridized carbons (Fsp3) is 0.636. The highest BCUT2D eigenvalue weighted by Gasteiger charge is 2.23. The Bertz CT molecular complexity index is 235. The van der Waals surface area contributed by atoms with E-state index in [0.29, 0.717) is 11.8 Å². The number of allylic oxidation sites excluding steroid dienone is 3. The van der Waals surface area contributed by atoms with Crippen LogP contribution in [0.1, 0.15) is 20.3 Å². The number of rotatable bonds is 1. The van der Waals surface area contributed by atoms with Gasteiger partial charge >= 0.3 is 0 Å². The van der Waals surface area contributed by atoms with Crippen molar-refractivity contribution in [3.8, 4) is 0 Å². The molecule has 0 aromatic rings. The van der Waals surface area contributed by atoms with Gasteiger partial charge in [-0.15, -0.1) is 0 Å². The molecule has 1 saturated heterocycles. The van der Waals surface area contributed by atoms with Crippen molar-refractivity contribution in [2.24, 2.45) is 11.8 Å². The van der Waals surface area contributed by atoms with Gasteiger partial charge in [0.1, 0.15) is 0 Å². The van der Waals surface area contributed by atoms with Gasteiger partial charge < -0.3 is 4.74 Å². The average molecular weight is 164 g/mol. The smallest absolute Gasteiger partial charge is 0.0683 e. The van der Waals surface area contributed by atoms with Gasteiger partial charge in [0.05, 0.1) is 13.2 Å². The minimum atomic E-state index is 0.666. The third-order valence-electron chi connectivity index (χ3n) is 2.77. The van der Waals surface area contributed by atoms with Gasteiger partial charge in [0.25, 0.3) is 0 Å². The Morgan fingerprint density at radius 1 is 1.50 bits per heavy atom. The lowest BCUT2D eigenvalue weighted by atomic mass is 9.87. The van der Waals surface area contributed by atoms with Crippen molar-refractivity contribution in [1.82, 2.24) is 0 Å². The molecular formula is C11H16O. The molecule has 1 fully saturated rings. The van der Waals surface area contributed by atoms with E-state index in [9.17, 15) is 0 Å². The van der Waals surface area contributed by atoms with Crippen molar-refractivity contribution in [3.63, 3.8) is 0 Å². The van der Waals surface area contributed by atoms with Crippen LogP contribution in [0, 0.1) is 11.8 Å². The van der Waals surface area contributed by atoms with E-state index in [1.54, 1.807) is 0 Å². The van der Waals surface area contributed by atoms with Crippen molar-refractivity contribution in [2.45, 2.75) is 20.3 Å². The molecule has 0 radical (unpaired) electrons. The molecule has 1 aliphatic carbocycles. The van der Waals surface area contributed by atoms with Gasteiger partial charge in [-0.25, -0.2) is 0 Å². The second-order valence-corrected chi connectivity index (χ2v) is 4.03. The zero-order chi connectivity index (χ0) is 8.55. The molecule has 0 saturated carbocycles. The van der Waals surface area contributed by atoms with Gasteiger partial charge in [0, 0.05) is 5.92 Å². The summed E-state index contributed by atoms with van der Waals surface area (Å²) in [7, 11) is 0. The first-order valence-electron chi connectivity index (χ1n) is 4.75. The van der Waals surface area contributed by atoms with Crippen LogP contribution >= 0.6 is 0 Å². The summed E-state index contributed by atoms with van der Waals surface area (Å²) in [6, 6.07) is 0. The SMILES string of the molecule is CC(C)C1=CCC2COCC2=C1. The van der Waals surface area contributed by atoms with Crippen LogP contribution in [0.4, 0.5) is 0 Å². The molecule has 0 aromatic heterocycles. The van der Waals surface area contributed by atoms with Crippen LogP contribution in [0.5, 0.6) is 0 Å². The van der Waals surface area contributed by atoms with Crippen molar-refractivity contribution >= 4 is 0 Å². The molecule has 1 atom stereocenters. The first-order valence-corrected chi connectivity index (χ1v) is 4.75. The summed E-state index contributed by atoms with van der Waals surface area (Å²) >= 11 is 0. The van der Waals surface area contributed by atoms with Gasteiger partial charge in [-0.3, -0.25) is 0 Å². The van der Waals surface area contributed by atoms with Gasteiger partial charge in [-0.1, -0.05) is 26.0 Å². The van der Waals surface area contributed by atoms with E-state index >= 15 is 0 Å². The third kappa shape index (κ3) is 1.34. The first-order chi connectivity index (χ1) is 5.77. The topological polar surface area (TPSA) is 9.23 Å². The van der Waals surface area contributed by atoms with Gasteiger partial charge in [0.15, 0.2) is 0 Å². The van der Waals surface area contributed by atoms with Crippen LogP contribution < -0.4 is 0 Å². The number of hydrogen-bond donors (Lipinski definition) is 0. The van der Waals surface area contributed by atoms with Gasteiger partial charge in [-0.05, 0) is 23.5 Å². The fourth-order valence-corrected chi connectivity index (χ4v) is 1.88. The second-order valence-electron chi connectivity index (χ2n) is 4.03. The Labute approximate surface area is 74.1 Å². The highest BCUT2D eigenvalue weighted by Crippen LogP contribution is 2.31. The van der Waals surface area contributed by atoms with Crippen LogP contribution in [0.3, 0.4) is 0 Å². The van der Waals surface area contributed by atoms with Crippen LogP contribution in [0.15, 0.2) is 23.3 Å². The van der Waals surface area contributed by atoms with E-state index in [1.807, 2.05) is 0 Å². The summed E-state index contributed by atoms with van der Waals surface area (Å²) in [5.74, 6) is 1.37. The predicted octanol–water partition coefficient (Wildman–Crippen LogP) is 2.55. The monoisotopic (exact) mass is 164 g/mol. The highest BCUT2D eigenvalue weighted by atomic mass is 16.5. The van der Waals surface area contributed by atoms with Crippen LogP contribution in [-0.2, 0) is 4.74 Å². The fourth-order valence-electron chi connectivity index (χ4n) is 1.88. The molecule has 2 aliphatic rings. The number of hydrogen-bond acceptors (Lipinski definition) is 1. The minimum Gasteiger partial charge on any atom is -0.376 e. The lowest BCUT2D eigenvalue weighted by molar-refractivity contribution is 0.189. The molecular weight excluding hydrogens is 148 g/mol. The molecule has 2 rings (SSSR count). The zero-order valence-corrected chi connectivity index (χ0v) is 7.84. The maximum absolute atomic E-state index is 5.42.